The lowest BCUT2D eigenvalue weighted by molar-refractivity contribution is 0.0600. The zero-order valence-corrected chi connectivity index (χ0v) is 13.7. The van der Waals surface area contributed by atoms with Crippen molar-refractivity contribution in [3.8, 4) is 0 Å². The molecule has 1 aliphatic rings. The summed E-state index contributed by atoms with van der Waals surface area (Å²) in [5.41, 5.74) is 13.9. The topological polar surface area (TPSA) is 78.3 Å². The summed E-state index contributed by atoms with van der Waals surface area (Å²) < 4.78 is 4.58. The lowest BCUT2D eigenvalue weighted by atomic mass is 9.78. The van der Waals surface area contributed by atoms with E-state index in [1.807, 2.05) is 0 Å². The fourth-order valence-corrected chi connectivity index (χ4v) is 2.59. The number of anilines is 2. The number of benzene rings is 1. The summed E-state index contributed by atoms with van der Waals surface area (Å²) in [5, 5.41) is 0. The van der Waals surface area contributed by atoms with E-state index in [4.69, 9.17) is 11.5 Å². The molecular formula is C17H28N2O2. The van der Waals surface area contributed by atoms with Crippen molar-refractivity contribution in [2.45, 2.75) is 52.9 Å². The largest absolute Gasteiger partial charge is 0.465 e. The van der Waals surface area contributed by atoms with Crippen molar-refractivity contribution in [1.29, 1.82) is 0 Å². The van der Waals surface area contributed by atoms with Crippen LogP contribution in [0.5, 0.6) is 0 Å². The van der Waals surface area contributed by atoms with Crippen LogP contribution in [0.25, 0.3) is 0 Å². The molecule has 0 aliphatic heterocycles. The van der Waals surface area contributed by atoms with Crippen LogP contribution in [-0.2, 0) is 4.74 Å². The first kappa shape index (κ1) is 17.3. The van der Waals surface area contributed by atoms with Crippen LogP contribution in [0.2, 0.25) is 0 Å². The molecule has 0 aromatic heterocycles. The average Bonchev–Trinajstić information content (AvgIpc) is 2.42. The Kier molecular flexibility index (Phi) is 6.06. The van der Waals surface area contributed by atoms with Gasteiger partial charge in [-0.2, -0.15) is 0 Å². The highest BCUT2D eigenvalue weighted by atomic mass is 16.5. The molecule has 1 aromatic carbocycles. The summed E-state index contributed by atoms with van der Waals surface area (Å²) in [6.07, 6.45) is 7.31. The van der Waals surface area contributed by atoms with E-state index in [9.17, 15) is 4.79 Å². The van der Waals surface area contributed by atoms with Crippen LogP contribution >= 0.6 is 0 Å². The fraction of sp³-hybridized carbons (Fsp3) is 0.588. The van der Waals surface area contributed by atoms with Crippen LogP contribution in [-0.4, -0.2) is 13.1 Å². The van der Waals surface area contributed by atoms with Gasteiger partial charge in [-0.05, 0) is 42.9 Å². The molecule has 0 atom stereocenters. The Morgan fingerprint density at radius 3 is 2.05 bits per heavy atom. The number of hydrogen-bond donors (Lipinski definition) is 2. The highest BCUT2D eigenvalue weighted by molar-refractivity contribution is 5.93. The van der Waals surface area contributed by atoms with Crippen LogP contribution in [0, 0.1) is 12.3 Å². The van der Waals surface area contributed by atoms with Crippen molar-refractivity contribution in [3.05, 3.63) is 23.3 Å². The molecule has 0 saturated heterocycles. The Morgan fingerprint density at radius 1 is 1.10 bits per heavy atom. The molecule has 0 amide bonds. The number of rotatable bonds is 1. The Balaban J connectivity index is 0.000000235. The Hall–Kier alpha value is -1.71. The monoisotopic (exact) mass is 292 g/mol. The first-order valence-corrected chi connectivity index (χ1v) is 7.51. The van der Waals surface area contributed by atoms with Crippen molar-refractivity contribution in [3.63, 3.8) is 0 Å². The van der Waals surface area contributed by atoms with Gasteiger partial charge in [0.05, 0.1) is 24.0 Å². The highest BCUT2D eigenvalue weighted by Gasteiger charge is 2.19. The smallest absolute Gasteiger partial charge is 0.338 e. The second-order valence-electron chi connectivity index (χ2n) is 6.51. The first-order chi connectivity index (χ1) is 9.76. The summed E-state index contributed by atoms with van der Waals surface area (Å²) in [4.78, 5) is 11.2. The fourth-order valence-electron chi connectivity index (χ4n) is 2.59. The Morgan fingerprint density at radius 2 is 1.62 bits per heavy atom. The number of ether oxygens (including phenoxy) is 1. The molecule has 0 heterocycles. The minimum atomic E-state index is -0.399. The minimum absolute atomic E-state index is 0.394. The average molecular weight is 292 g/mol. The molecule has 4 N–H and O–H groups in total. The van der Waals surface area contributed by atoms with Crippen LogP contribution in [0.15, 0.2) is 12.1 Å². The Labute approximate surface area is 127 Å². The minimum Gasteiger partial charge on any atom is -0.465 e. The molecule has 4 heteroatoms. The third-order valence-corrected chi connectivity index (χ3v) is 4.04. The number of carbonyl (C=O) groups is 1. The maximum atomic E-state index is 11.2. The van der Waals surface area contributed by atoms with E-state index in [-0.39, 0.29) is 0 Å². The number of hydrogen-bond acceptors (Lipinski definition) is 4. The Bertz CT molecular complexity index is 488. The number of esters is 1. The lowest BCUT2D eigenvalue weighted by Gasteiger charge is -2.28. The van der Waals surface area contributed by atoms with E-state index in [1.54, 1.807) is 13.0 Å². The van der Waals surface area contributed by atoms with E-state index in [0.717, 1.165) is 5.56 Å². The van der Waals surface area contributed by atoms with E-state index in [2.05, 4.69) is 18.6 Å². The van der Waals surface area contributed by atoms with Gasteiger partial charge in [-0.15, -0.1) is 0 Å². The van der Waals surface area contributed by atoms with Gasteiger partial charge < -0.3 is 16.2 Å². The summed E-state index contributed by atoms with van der Waals surface area (Å²) in [6.45, 7) is 6.54. The molecule has 0 unspecified atom stereocenters. The molecular weight excluding hydrogens is 264 g/mol. The van der Waals surface area contributed by atoms with Gasteiger partial charge in [0.1, 0.15) is 0 Å². The lowest BCUT2D eigenvalue weighted by Crippen LogP contribution is -2.14. The molecule has 4 nitrogen and oxygen atoms in total. The number of methoxy groups -OCH3 is 1. The van der Waals surface area contributed by atoms with Crippen molar-refractivity contribution < 1.29 is 9.53 Å². The van der Waals surface area contributed by atoms with Gasteiger partial charge in [0, 0.05) is 0 Å². The quantitative estimate of drug-likeness (QED) is 0.607. The van der Waals surface area contributed by atoms with Crippen molar-refractivity contribution in [2.24, 2.45) is 5.41 Å². The normalized spacial score (nSPS) is 16.6. The zero-order chi connectivity index (χ0) is 16.0. The summed E-state index contributed by atoms with van der Waals surface area (Å²) in [7, 11) is 1.33. The molecule has 21 heavy (non-hydrogen) atoms. The standard InChI is InChI=1S/C9H12N2O2.C8H16/c1-5-3-7(10)8(11)4-6(5)9(12)13-2;1-8(2)6-4-3-5-7-8/h3-4H,10-11H2,1-2H3;3-7H2,1-2H3. The third kappa shape index (κ3) is 5.29. The molecule has 1 fully saturated rings. The molecule has 1 aliphatic carbocycles. The van der Waals surface area contributed by atoms with E-state index < -0.39 is 5.97 Å². The summed E-state index contributed by atoms with van der Waals surface area (Å²) in [5.74, 6) is -0.399. The SMILES string of the molecule is CC1(C)CCCCC1.COC(=O)c1cc(N)c(N)cc1C. The molecule has 0 radical (unpaired) electrons. The van der Waals surface area contributed by atoms with Gasteiger partial charge in [-0.1, -0.05) is 33.1 Å². The number of aryl methyl sites for hydroxylation is 1. The van der Waals surface area contributed by atoms with E-state index >= 15 is 0 Å². The van der Waals surface area contributed by atoms with Crippen LogP contribution in [0.4, 0.5) is 11.4 Å². The highest BCUT2D eigenvalue weighted by Crippen LogP contribution is 2.34. The van der Waals surface area contributed by atoms with Gasteiger partial charge in [0.15, 0.2) is 0 Å². The molecule has 1 aromatic rings. The van der Waals surface area contributed by atoms with E-state index in [1.165, 1.54) is 45.3 Å². The predicted molar refractivity (Wildman–Crippen MR) is 88.2 cm³/mol. The number of nitrogen functional groups attached to an aromatic ring is 2. The summed E-state index contributed by atoms with van der Waals surface area (Å²) in [6, 6.07) is 3.18. The summed E-state index contributed by atoms with van der Waals surface area (Å²) >= 11 is 0. The zero-order valence-electron chi connectivity index (χ0n) is 13.7. The molecule has 2 rings (SSSR count). The van der Waals surface area contributed by atoms with Crippen LogP contribution in [0.3, 0.4) is 0 Å². The molecule has 118 valence electrons. The second kappa shape index (κ2) is 7.34. The maximum absolute atomic E-state index is 11.2. The van der Waals surface area contributed by atoms with Crippen LogP contribution < -0.4 is 11.5 Å². The molecule has 1 saturated carbocycles. The van der Waals surface area contributed by atoms with Gasteiger partial charge in [-0.3, -0.25) is 0 Å². The third-order valence-electron chi connectivity index (χ3n) is 4.04. The number of nitrogens with two attached hydrogens (primary N) is 2. The van der Waals surface area contributed by atoms with Gasteiger partial charge in [0.2, 0.25) is 0 Å². The number of carbonyl (C=O) groups excluding carboxylic acids is 1. The van der Waals surface area contributed by atoms with Gasteiger partial charge in [0.25, 0.3) is 0 Å². The van der Waals surface area contributed by atoms with Crippen molar-refractivity contribution in [2.75, 3.05) is 18.6 Å². The second-order valence-corrected chi connectivity index (χ2v) is 6.51. The molecule has 0 bridgehead atoms. The van der Waals surface area contributed by atoms with Gasteiger partial charge in [-0.25, -0.2) is 4.79 Å². The maximum Gasteiger partial charge on any atom is 0.338 e. The van der Waals surface area contributed by atoms with Gasteiger partial charge >= 0.3 is 5.97 Å². The van der Waals surface area contributed by atoms with Crippen molar-refractivity contribution >= 4 is 17.3 Å². The van der Waals surface area contributed by atoms with Crippen molar-refractivity contribution in [1.82, 2.24) is 0 Å². The predicted octanol–water partition coefficient (Wildman–Crippen LogP) is 3.92. The van der Waals surface area contributed by atoms with Crippen LogP contribution in [0.1, 0.15) is 61.9 Å². The molecule has 0 spiro atoms. The van der Waals surface area contributed by atoms with E-state index in [0.29, 0.717) is 22.4 Å². The first-order valence-electron chi connectivity index (χ1n) is 7.51.